The summed E-state index contributed by atoms with van der Waals surface area (Å²) >= 11 is 0. The zero-order chi connectivity index (χ0) is 14.0. The molecule has 0 aliphatic carbocycles. The number of aliphatic hydroxyl groups excluding tert-OH is 1. The second-order valence-electron chi connectivity index (χ2n) is 4.33. The van der Waals surface area contributed by atoms with E-state index in [4.69, 9.17) is 5.11 Å². The molecule has 102 valence electrons. The fourth-order valence-electron chi connectivity index (χ4n) is 1.71. The van der Waals surface area contributed by atoms with Crippen molar-refractivity contribution in [1.82, 2.24) is 4.98 Å². The molecule has 0 radical (unpaired) electrons. The molecular weight excluding hydrogens is 264 g/mol. The van der Waals surface area contributed by atoms with E-state index in [0.717, 1.165) is 5.56 Å². The Bertz CT molecular complexity index is 659. The minimum absolute atomic E-state index is 0.139. The summed E-state index contributed by atoms with van der Waals surface area (Å²) < 4.78 is 26.0. The Balaban J connectivity index is 2.36. The maximum Gasteiger partial charge on any atom is 0.265 e. The fraction of sp³-hybridized carbons (Fsp3) is 0.231. The molecule has 0 amide bonds. The molecule has 0 bridgehead atoms. The number of benzene rings is 1. The molecule has 0 saturated heterocycles. The van der Waals surface area contributed by atoms with Gasteiger partial charge in [0.2, 0.25) is 0 Å². The van der Waals surface area contributed by atoms with Gasteiger partial charge in [0.1, 0.15) is 4.90 Å². The van der Waals surface area contributed by atoms with Crippen molar-refractivity contribution >= 4 is 15.7 Å². The molecule has 1 aromatic carbocycles. The average Bonchev–Trinajstić information content (AvgIpc) is 2.88. The first-order valence-corrected chi connectivity index (χ1v) is 7.23. The lowest BCUT2D eigenvalue weighted by Crippen LogP contribution is -2.26. The van der Waals surface area contributed by atoms with Gasteiger partial charge >= 0.3 is 0 Å². The first kappa shape index (κ1) is 13.6. The Kier molecular flexibility index (Phi) is 3.64. The van der Waals surface area contributed by atoms with Gasteiger partial charge in [-0.2, -0.15) is 0 Å². The summed E-state index contributed by atoms with van der Waals surface area (Å²) in [6.07, 6.45) is 1.38. The van der Waals surface area contributed by atoms with Crippen LogP contribution in [0.2, 0.25) is 0 Å². The molecule has 0 aliphatic heterocycles. The van der Waals surface area contributed by atoms with Crippen molar-refractivity contribution in [2.24, 2.45) is 0 Å². The molecule has 0 spiro atoms. The van der Waals surface area contributed by atoms with E-state index >= 15 is 0 Å². The minimum atomic E-state index is -3.60. The summed E-state index contributed by atoms with van der Waals surface area (Å²) in [5.74, 6) is 0. The number of nitrogens with one attached hydrogen (secondary N) is 1. The highest BCUT2D eigenvalue weighted by atomic mass is 32.2. The van der Waals surface area contributed by atoms with Gasteiger partial charge < -0.3 is 10.1 Å². The molecule has 19 heavy (non-hydrogen) atoms. The molecular formula is C13H16N2O3S. The maximum absolute atomic E-state index is 12.4. The quantitative estimate of drug-likeness (QED) is 0.894. The van der Waals surface area contributed by atoms with E-state index in [1.807, 2.05) is 19.1 Å². The lowest BCUT2D eigenvalue weighted by Gasteiger charge is -2.18. The molecule has 2 aromatic rings. The first-order chi connectivity index (χ1) is 8.95. The Labute approximate surface area is 112 Å². The van der Waals surface area contributed by atoms with Gasteiger partial charge in [-0.05, 0) is 25.1 Å². The Morgan fingerprint density at radius 3 is 2.42 bits per heavy atom. The van der Waals surface area contributed by atoms with E-state index in [-0.39, 0.29) is 11.5 Å². The van der Waals surface area contributed by atoms with Gasteiger partial charge in [0.05, 0.1) is 12.3 Å². The smallest absolute Gasteiger partial charge is 0.265 e. The lowest BCUT2D eigenvalue weighted by molar-refractivity contribution is 0.277. The molecule has 5 nitrogen and oxygen atoms in total. The summed E-state index contributed by atoms with van der Waals surface area (Å²) in [4.78, 5) is 2.86. The van der Waals surface area contributed by atoms with Gasteiger partial charge in [-0.25, -0.2) is 8.42 Å². The third kappa shape index (κ3) is 2.64. The highest BCUT2D eigenvalue weighted by molar-refractivity contribution is 7.92. The highest BCUT2D eigenvalue weighted by Crippen LogP contribution is 2.22. The van der Waals surface area contributed by atoms with Crippen LogP contribution in [0.15, 0.2) is 41.4 Å². The van der Waals surface area contributed by atoms with Gasteiger partial charge in [0, 0.05) is 18.9 Å². The number of aromatic amines is 1. The van der Waals surface area contributed by atoms with Crippen LogP contribution in [0.25, 0.3) is 0 Å². The molecule has 0 saturated carbocycles. The standard InChI is InChI=1S/C13H16N2O3S/c1-10-3-5-12(6-4-10)15(2)19(17,18)13-7-11(9-16)14-8-13/h3-8,14,16H,9H2,1-2H3. The summed E-state index contributed by atoms with van der Waals surface area (Å²) in [5, 5.41) is 8.96. The van der Waals surface area contributed by atoms with Crippen molar-refractivity contribution in [3.63, 3.8) is 0 Å². The van der Waals surface area contributed by atoms with E-state index < -0.39 is 10.0 Å². The monoisotopic (exact) mass is 280 g/mol. The van der Waals surface area contributed by atoms with Crippen molar-refractivity contribution in [3.8, 4) is 0 Å². The number of aryl methyl sites for hydroxylation is 1. The number of hydrogen-bond donors (Lipinski definition) is 2. The molecule has 1 heterocycles. The predicted molar refractivity (Wildman–Crippen MR) is 73.5 cm³/mol. The topological polar surface area (TPSA) is 73.4 Å². The Hall–Kier alpha value is -1.79. The van der Waals surface area contributed by atoms with Gasteiger partial charge in [-0.3, -0.25) is 4.31 Å². The SMILES string of the molecule is Cc1ccc(N(C)S(=O)(=O)c2c[nH]c(CO)c2)cc1. The van der Waals surface area contributed by atoms with Crippen molar-refractivity contribution in [1.29, 1.82) is 0 Å². The number of nitrogens with zero attached hydrogens (tertiary/aromatic N) is 1. The summed E-state index contributed by atoms with van der Waals surface area (Å²) in [7, 11) is -2.10. The normalized spacial score (nSPS) is 11.5. The van der Waals surface area contributed by atoms with E-state index in [2.05, 4.69) is 4.98 Å². The third-order valence-corrected chi connectivity index (χ3v) is 4.71. The molecule has 6 heteroatoms. The number of anilines is 1. The van der Waals surface area contributed by atoms with Crippen molar-refractivity contribution in [3.05, 3.63) is 47.8 Å². The molecule has 0 atom stereocenters. The first-order valence-electron chi connectivity index (χ1n) is 5.79. The van der Waals surface area contributed by atoms with Crippen molar-refractivity contribution in [2.45, 2.75) is 18.4 Å². The van der Waals surface area contributed by atoms with Crippen LogP contribution in [0.4, 0.5) is 5.69 Å². The van der Waals surface area contributed by atoms with Crippen LogP contribution in [0.5, 0.6) is 0 Å². The second-order valence-corrected chi connectivity index (χ2v) is 6.30. The maximum atomic E-state index is 12.4. The van der Waals surface area contributed by atoms with Gasteiger partial charge in [0.15, 0.2) is 0 Å². The van der Waals surface area contributed by atoms with Crippen LogP contribution in [-0.2, 0) is 16.6 Å². The van der Waals surface area contributed by atoms with Crippen LogP contribution in [0.3, 0.4) is 0 Å². The molecule has 0 fully saturated rings. The Morgan fingerprint density at radius 1 is 1.26 bits per heavy atom. The molecule has 2 rings (SSSR count). The third-order valence-electron chi connectivity index (χ3n) is 2.94. The van der Waals surface area contributed by atoms with E-state index in [1.54, 1.807) is 12.1 Å². The van der Waals surface area contributed by atoms with Gasteiger partial charge in [0.25, 0.3) is 10.0 Å². The molecule has 1 aromatic heterocycles. The summed E-state index contributed by atoms with van der Waals surface area (Å²) in [6, 6.07) is 8.66. The van der Waals surface area contributed by atoms with Crippen molar-refractivity contribution in [2.75, 3.05) is 11.4 Å². The second kappa shape index (κ2) is 5.07. The summed E-state index contributed by atoms with van der Waals surface area (Å²) in [5.41, 5.74) is 2.13. The largest absolute Gasteiger partial charge is 0.390 e. The number of hydrogen-bond acceptors (Lipinski definition) is 3. The average molecular weight is 280 g/mol. The minimum Gasteiger partial charge on any atom is -0.390 e. The fourth-order valence-corrected chi connectivity index (χ4v) is 2.93. The Morgan fingerprint density at radius 2 is 1.89 bits per heavy atom. The number of aromatic nitrogens is 1. The highest BCUT2D eigenvalue weighted by Gasteiger charge is 2.22. The zero-order valence-electron chi connectivity index (χ0n) is 10.8. The molecule has 0 unspecified atom stereocenters. The number of aliphatic hydroxyl groups is 1. The molecule has 0 aliphatic rings. The lowest BCUT2D eigenvalue weighted by atomic mass is 10.2. The summed E-state index contributed by atoms with van der Waals surface area (Å²) in [6.45, 7) is 1.72. The number of rotatable bonds is 4. The molecule has 2 N–H and O–H groups in total. The van der Waals surface area contributed by atoms with Crippen LogP contribution in [-0.4, -0.2) is 25.6 Å². The van der Waals surface area contributed by atoms with Crippen LogP contribution in [0, 0.1) is 6.92 Å². The van der Waals surface area contributed by atoms with Gasteiger partial charge in [-0.15, -0.1) is 0 Å². The zero-order valence-corrected chi connectivity index (χ0v) is 11.6. The van der Waals surface area contributed by atoms with Crippen LogP contribution >= 0.6 is 0 Å². The predicted octanol–water partition coefficient (Wildman–Crippen LogP) is 1.64. The van der Waals surface area contributed by atoms with Gasteiger partial charge in [-0.1, -0.05) is 17.7 Å². The van der Waals surface area contributed by atoms with Crippen molar-refractivity contribution < 1.29 is 13.5 Å². The number of H-pyrrole nitrogens is 1. The van der Waals surface area contributed by atoms with Crippen LogP contribution < -0.4 is 4.31 Å². The number of sulfonamides is 1. The van der Waals surface area contributed by atoms with Crippen LogP contribution in [0.1, 0.15) is 11.3 Å². The van der Waals surface area contributed by atoms with E-state index in [9.17, 15) is 8.42 Å². The van der Waals surface area contributed by atoms with E-state index in [0.29, 0.717) is 11.4 Å². The van der Waals surface area contributed by atoms with E-state index in [1.165, 1.54) is 23.6 Å².